The van der Waals surface area contributed by atoms with Crippen molar-refractivity contribution >= 4 is 17.5 Å². The van der Waals surface area contributed by atoms with Gasteiger partial charge in [0.1, 0.15) is 11.3 Å². The Labute approximate surface area is 170 Å². The summed E-state index contributed by atoms with van der Waals surface area (Å²) in [5.74, 6) is 0.900. The van der Waals surface area contributed by atoms with Gasteiger partial charge in [-0.1, -0.05) is 28.9 Å². The molecule has 0 radical (unpaired) electrons. The van der Waals surface area contributed by atoms with Gasteiger partial charge in [0.05, 0.1) is 12.7 Å². The van der Waals surface area contributed by atoms with Crippen LogP contribution in [0.5, 0.6) is 11.6 Å². The van der Waals surface area contributed by atoms with Crippen molar-refractivity contribution in [3.8, 4) is 23.0 Å². The largest absolute Gasteiger partial charge is 0.437 e. The van der Waals surface area contributed by atoms with Crippen LogP contribution in [0.2, 0.25) is 5.02 Å². The third-order valence-corrected chi connectivity index (χ3v) is 4.05. The molecule has 3 aromatic heterocycles. The molecule has 0 saturated carbocycles. The second-order valence-corrected chi connectivity index (χ2v) is 6.29. The molecular weight excluding hydrogens is 394 g/mol. The lowest BCUT2D eigenvalue weighted by Gasteiger charge is -2.09. The Hall–Kier alpha value is -3.78. The fraction of sp³-hybridized carbons (Fsp3) is 0.0500. The summed E-state index contributed by atoms with van der Waals surface area (Å²) >= 11 is 5.98. The van der Waals surface area contributed by atoms with Crippen LogP contribution >= 0.6 is 11.6 Å². The molecule has 0 unspecified atom stereocenters. The van der Waals surface area contributed by atoms with E-state index in [-0.39, 0.29) is 29.8 Å². The first-order valence-corrected chi connectivity index (χ1v) is 8.96. The van der Waals surface area contributed by atoms with E-state index in [1.807, 2.05) is 6.07 Å². The van der Waals surface area contributed by atoms with Gasteiger partial charge < -0.3 is 14.6 Å². The Morgan fingerprint density at radius 3 is 2.86 bits per heavy atom. The average Bonchev–Trinajstić information content (AvgIpc) is 3.22. The van der Waals surface area contributed by atoms with E-state index in [1.54, 1.807) is 48.7 Å². The molecule has 8 nitrogen and oxygen atoms in total. The van der Waals surface area contributed by atoms with E-state index in [4.69, 9.17) is 20.9 Å². The summed E-state index contributed by atoms with van der Waals surface area (Å²) in [5.41, 5.74) is 0.990. The molecule has 0 bridgehead atoms. The van der Waals surface area contributed by atoms with Crippen LogP contribution in [-0.2, 0) is 6.54 Å². The minimum atomic E-state index is -0.389. The predicted molar refractivity (Wildman–Crippen MR) is 104 cm³/mol. The van der Waals surface area contributed by atoms with E-state index in [2.05, 4.69) is 25.4 Å². The number of hydrogen-bond acceptors (Lipinski definition) is 7. The Morgan fingerprint density at radius 2 is 2.03 bits per heavy atom. The third-order valence-electron chi connectivity index (χ3n) is 3.82. The van der Waals surface area contributed by atoms with Gasteiger partial charge in [0.25, 0.3) is 5.91 Å². The zero-order valence-corrected chi connectivity index (χ0v) is 15.7. The summed E-state index contributed by atoms with van der Waals surface area (Å²) in [6.45, 7) is 0.0492. The molecule has 1 amide bonds. The van der Waals surface area contributed by atoms with E-state index in [0.29, 0.717) is 16.6 Å². The highest BCUT2D eigenvalue weighted by molar-refractivity contribution is 6.30. The third kappa shape index (κ3) is 4.56. The van der Waals surface area contributed by atoms with Crippen molar-refractivity contribution in [2.45, 2.75) is 6.54 Å². The van der Waals surface area contributed by atoms with Crippen LogP contribution in [0.1, 0.15) is 16.2 Å². The monoisotopic (exact) mass is 407 g/mol. The standard InChI is InChI=1S/C20H14ClN5O3/c21-14-5-1-4-13(10-14)18-25-17(29-26-18)12-24-19(27)16-7-3-9-23-20(16)28-15-6-2-8-22-11-15/h1-11H,12H2,(H,24,27). The molecule has 144 valence electrons. The van der Waals surface area contributed by atoms with E-state index < -0.39 is 0 Å². The van der Waals surface area contributed by atoms with Crippen molar-refractivity contribution in [3.63, 3.8) is 0 Å². The van der Waals surface area contributed by atoms with Gasteiger partial charge in [-0.05, 0) is 36.4 Å². The van der Waals surface area contributed by atoms with Crippen LogP contribution in [0.3, 0.4) is 0 Å². The number of nitrogens with zero attached hydrogens (tertiary/aromatic N) is 4. The van der Waals surface area contributed by atoms with Gasteiger partial charge in [-0.3, -0.25) is 9.78 Å². The second-order valence-electron chi connectivity index (χ2n) is 5.85. The van der Waals surface area contributed by atoms with Crippen molar-refractivity contribution in [1.29, 1.82) is 0 Å². The normalized spacial score (nSPS) is 10.5. The van der Waals surface area contributed by atoms with Gasteiger partial charge in [0, 0.05) is 23.0 Å². The summed E-state index contributed by atoms with van der Waals surface area (Å²) < 4.78 is 10.9. The molecule has 0 aliphatic heterocycles. The summed E-state index contributed by atoms with van der Waals surface area (Å²) in [7, 11) is 0. The molecule has 1 N–H and O–H groups in total. The van der Waals surface area contributed by atoms with Crippen LogP contribution in [0.25, 0.3) is 11.4 Å². The van der Waals surface area contributed by atoms with Gasteiger partial charge >= 0.3 is 0 Å². The molecule has 3 heterocycles. The Kier molecular flexibility index (Phi) is 5.44. The number of hydrogen-bond donors (Lipinski definition) is 1. The van der Waals surface area contributed by atoms with Crippen molar-refractivity contribution in [2.24, 2.45) is 0 Å². The molecule has 9 heteroatoms. The number of pyridine rings is 2. The van der Waals surface area contributed by atoms with Crippen molar-refractivity contribution in [2.75, 3.05) is 0 Å². The number of nitrogens with one attached hydrogen (secondary N) is 1. The Balaban J connectivity index is 1.44. The molecule has 4 aromatic rings. The Morgan fingerprint density at radius 1 is 1.14 bits per heavy atom. The minimum absolute atomic E-state index is 0.0492. The zero-order chi connectivity index (χ0) is 20.1. The first-order chi connectivity index (χ1) is 14.2. The summed E-state index contributed by atoms with van der Waals surface area (Å²) in [4.78, 5) is 25.0. The summed E-state index contributed by atoms with van der Waals surface area (Å²) in [6, 6.07) is 13.8. The maximum Gasteiger partial charge on any atom is 0.257 e. The zero-order valence-electron chi connectivity index (χ0n) is 14.9. The smallest absolute Gasteiger partial charge is 0.257 e. The van der Waals surface area contributed by atoms with Crippen LogP contribution in [-0.4, -0.2) is 26.0 Å². The average molecular weight is 408 g/mol. The van der Waals surface area contributed by atoms with Gasteiger partial charge in [-0.15, -0.1) is 0 Å². The highest BCUT2D eigenvalue weighted by atomic mass is 35.5. The number of aromatic nitrogens is 4. The molecule has 1 aromatic carbocycles. The number of ether oxygens (including phenoxy) is 1. The molecule has 0 atom stereocenters. The van der Waals surface area contributed by atoms with Crippen LogP contribution in [0.15, 0.2) is 71.6 Å². The molecule has 0 spiro atoms. The van der Waals surface area contributed by atoms with Gasteiger partial charge in [-0.25, -0.2) is 4.98 Å². The van der Waals surface area contributed by atoms with Gasteiger partial charge in [-0.2, -0.15) is 4.98 Å². The SMILES string of the molecule is O=C(NCc1nc(-c2cccc(Cl)c2)no1)c1cccnc1Oc1cccnc1. The van der Waals surface area contributed by atoms with E-state index in [9.17, 15) is 4.79 Å². The number of carbonyl (C=O) groups is 1. The molecule has 0 saturated heterocycles. The molecule has 4 rings (SSSR count). The van der Waals surface area contributed by atoms with Crippen LogP contribution < -0.4 is 10.1 Å². The maximum absolute atomic E-state index is 12.6. The van der Waals surface area contributed by atoms with E-state index in [0.717, 1.165) is 5.56 Å². The van der Waals surface area contributed by atoms with Crippen molar-refractivity contribution < 1.29 is 14.1 Å². The first kappa shape index (κ1) is 18.6. The van der Waals surface area contributed by atoms with Crippen molar-refractivity contribution in [1.82, 2.24) is 25.4 Å². The van der Waals surface area contributed by atoms with E-state index in [1.165, 1.54) is 12.4 Å². The lowest BCUT2D eigenvalue weighted by atomic mass is 10.2. The summed E-state index contributed by atoms with van der Waals surface area (Å²) in [6.07, 6.45) is 4.70. The Bertz CT molecular complexity index is 1130. The molecule has 29 heavy (non-hydrogen) atoms. The maximum atomic E-state index is 12.6. The lowest BCUT2D eigenvalue weighted by Crippen LogP contribution is -2.23. The van der Waals surface area contributed by atoms with Crippen LogP contribution in [0.4, 0.5) is 0 Å². The van der Waals surface area contributed by atoms with Crippen molar-refractivity contribution in [3.05, 3.63) is 83.6 Å². The van der Waals surface area contributed by atoms with E-state index >= 15 is 0 Å². The second kappa shape index (κ2) is 8.49. The number of rotatable bonds is 6. The fourth-order valence-corrected chi connectivity index (χ4v) is 2.68. The molecule has 0 aliphatic carbocycles. The number of benzene rings is 1. The number of amides is 1. The van der Waals surface area contributed by atoms with Gasteiger partial charge in [0.2, 0.25) is 17.6 Å². The topological polar surface area (TPSA) is 103 Å². The number of carbonyl (C=O) groups excluding carboxylic acids is 1. The highest BCUT2D eigenvalue weighted by Crippen LogP contribution is 2.22. The van der Waals surface area contributed by atoms with Gasteiger partial charge in [0.15, 0.2) is 0 Å². The highest BCUT2D eigenvalue weighted by Gasteiger charge is 2.16. The first-order valence-electron chi connectivity index (χ1n) is 8.58. The lowest BCUT2D eigenvalue weighted by molar-refractivity contribution is 0.0943. The molecular formula is C20H14ClN5O3. The predicted octanol–water partition coefficient (Wildman–Crippen LogP) is 3.90. The summed E-state index contributed by atoms with van der Waals surface area (Å²) in [5, 5.41) is 7.20. The quantitative estimate of drug-likeness (QED) is 0.517. The van der Waals surface area contributed by atoms with Crippen LogP contribution in [0, 0.1) is 0 Å². The number of halogens is 1. The minimum Gasteiger partial charge on any atom is -0.437 e. The fourth-order valence-electron chi connectivity index (χ4n) is 2.49. The molecule has 0 fully saturated rings. The molecule has 0 aliphatic rings.